The molecule has 0 radical (unpaired) electrons. The lowest BCUT2D eigenvalue weighted by Gasteiger charge is -2.07. The van der Waals surface area contributed by atoms with Gasteiger partial charge in [0.1, 0.15) is 11.2 Å². The minimum absolute atomic E-state index is 0.259. The fourth-order valence-electron chi connectivity index (χ4n) is 2.27. The number of fused-ring (bicyclic) bond motifs is 1. The second-order valence-corrected chi connectivity index (χ2v) is 4.65. The van der Waals surface area contributed by atoms with Crippen molar-refractivity contribution >= 4 is 16.7 Å². The van der Waals surface area contributed by atoms with Gasteiger partial charge in [0.25, 0.3) is 5.56 Å². The van der Waals surface area contributed by atoms with Crippen LogP contribution in [0.25, 0.3) is 22.4 Å². The maximum atomic E-state index is 12.3. The molecule has 0 aliphatic heterocycles. The summed E-state index contributed by atoms with van der Waals surface area (Å²) in [5, 5.41) is 4.68. The van der Waals surface area contributed by atoms with Crippen molar-refractivity contribution in [2.75, 3.05) is 12.8 Å². The fourth-order valence-corrected chi connectivity index (χ4v) is 2.27. The van der Waals surface area contributed by atoms with Crippen LogP contribution < -0.4 is 16.0 Å². The second kappa shape index (κ2) is 4.58. The normalized spacial score (nSPS) is 11.0. The molecule has 108 valence electrons. The number of nitrogens with zero attached hydrogens (tertiary/aromatic N) is 4. The summed E-state index contributed by atoms with van der Waals surface area (Å²) < 4.78 is 6.76. The van der Waals surface area contributed by atoms with Crippen molar-refractivity contribution in [1.29, 1.82) is 0 Å². The predicted molar refractivity (Wildman–Crippen MR) is 78.1 cm³/mol. The number of aromatic nitrogens is 5. The first kappa shape index (κ1) is 13.1. The van der Waals surface area contributed by atoms with Crippen LogP contribution in [0.1, 0.15) is 5.69 Å². The largest absolute Gasteiger partial charge is 0.480 e. The van der Waals surface area contributed by atoms with Crippen LogP contribution in [-0.4, -0.2) is 31.8 Å². The third-order valence-electron chi connectivity index (χ3n) is 3.19. The van der Waals surface area contributed by atoms with Crippen molar-refractivity contribution in [3.8, 4) is 17.3 Å². The van der Waals surface area contributed by atoms with Crippen LogP contribution in [-0.2, 0) is 7.05 Å². The van der Waals surface area contributed by atoms with Gasteiger partial charge >= 0.3 is 0 Å². The number of aromatic amines is 1. The zero-order chi connectivity index (χ0) is 15.1. The van der Waals surface area contributed by atoms with E-state index in [1.807, 2.05) is 0 Å². The Morgan fingerprint density at radius 2 is 2.19 bits per heavy atom. The van der Waals surface area contributed by atoms with Gasteiger partial charge in [-0.3, -0.25) is 4.79 Å². The highest BCUT2D eigenvalue weighted by Crippen LogP contribution is 2.27. The van der Waals surface area contributed by atoms with Crippen molar-refractivity contribution < 1.29 is 4.74 Å². The van der Waals surface area contributed by atoms with Gasteiger partial charge in [0.15, 0.2) is 5.65 Å². The molecular formula is C13H14N6O2. The van der Waals surface area contributed by atoms with Gasteiger partial charge in [-0.1, -0.05) is 0 Å². The van der Waals surface area contributed by atoms with Crippen molar-refractivity contribution in [3.63, 3.8) is 0 Å². The van der Waals surface area contributed by atoms with E-state index in [9.17, 15) is 4.79 Å². The molecule has 0 saturated carbocycles. The van der Waals surface area contributed by atoms with Crippen LogP contribution in [0.2, 0.25) is 0 Å². The van der Waals surface area contributed by atoms with E-state index in [2.05, 4.69) is 20.1 Å². The van der Waals surface area contributed by atoms with Gasteiger partial charge in [-0.05, 0) is 13.0 Å². The first-order valence-corrected chi connectivity index (χ1v) is 6.24. The maximum absolute atomic E-state index is 12.3. The lowest BCUT2D eigenvalue weighted by atomic mass is 10.2. The van der Waals surface area contributed by atoms with E-state index < -0.39 is 0 Å². The monoisotopic (exact) mass is 286 g/mol. The van der Waals surface area contributed by atoms with Crippen molar-refractivity contribution in [1.82, 2.24) is 24.7 Å². The molecule has 3 rings (SSSR count). The summed E-state index contributed by atoms with van der Waals surface area (Å²) in [5.74, 6) is 0.678. The average Bonchev–Trinajstić information content (AvgIpc) is 2.74. The van der Waals surface area contributed by atoms with Crippen molar-refractivity contribution in [3.05, 3.63) is 28.3 Å². The van der Waals surface area contributed by atoms with E-state index in [-0.39, 0.29) is 5.56 Å². The van der Waals surface area contributed by atoms with E-state index in [1.165, 1.54) is 13.3 Å². The molecule has 3 N–H and O–H groups in total. The van der Waals surface area contributed by atoms with E-state index in [0.717, 1.165) is 0 Å². The number of hydrogen-bond acceptors (Lipinski definition) is 6. The third-order valence-corrected chi connectivity index (χ3v) is 3.19. The zero-order valence-corrected chi connectivity index (χ0v) is 11.8. The molecule has 0 spiro atoms. The lowest BCUT2D eigenvalue weighted by molar-refractivity contribution is 0.399. The maximum Gasteiger partial charge on any atom is 0.262 e. The van der Waals surface area contributed by atoms with Gasteiger partial charge in [0.2, 0.25) is 5.88 Å². The molecular weight excluding hydrogens is 272 g/mol. The standard InChI is InChI=1S/C13H14N6O2/c1-6-9-11(19(2)18-6)16-10(17-12(9)20)8-4-7(14)5-15-13(8)21-3/h4-5H,14H2,1-3H3,(H,16,17,20). The minimum Gasteiger partial charge on any atom is -0.480 e. The van der Waals surface area contributed by atoms with Crippen LogP contribution in [0.4, 0.5) is 5.69 Å². The smallest absolute Gasteiger partial charge is 0.262 e. The van der Waals surface area contributed by atoms with Gasteiger partial charge in [-0.2, -0.15) is 5.10 Å². The summed E-state index contributed by atoms with van der Waals surface area (Å²) >= 11 is 0. The number of nitrogens with two attached hydrogens (primary N) is 1. The molecule has 0 aliphatic rings. The van der Waals surface area contributed by atoms with E-state index in [0.29, 0.717) is 39.7 Å². The zero-order valence-electron chi connectivity index (χ0n) is 11.8. The van der Waals surface area contributed by atoms with Crippen molar-refractivity contribution in [2.24, 2.45) is 7.05 Å². The molecule has 0 atom stereocenters. The predicted octanol–water partition coefficient (Wildman–Crippen LogP) is 0.618. The molecule has 0 fully saturated rings. The van der Waals surface area contributed by atoms with Crippen LogP contribution in [0, 0.1) is 6.92 Å². The van der Waals surface area contributed by atoms with Crippen LogP contribution in [0.5, 0.6) is 5.88 Å². The minimum atomic E-state index is -0.259. The highest BCUT2D eigenvalue weighted by atomic mass is 16.5. The quantitative estimate of drug-likeness (QED) is 0.714. The van der Waals surface area contributed by atoms with Gasteiger partial charge in [0, 0.05) is 7.05 Å². The Morgan fingerprint density at radius 1 is 1.43 bits per heavy atom. The summed E-state index contributed by atoms with van der Waals surface area (Å²) in [6.07, 6.45) is 1.48. The number of anilines is 1. The van der Waals surface area contributed by atoms with Crippen LogP contribution in [0.15, 0.2) is 17.1 Å². The number of aryl methyl sites for hydroxylation is 2. The Labute approximate surface area is 119 Å². The molecule has 21 heavy (non-hydrogen) atoms. The molecule has 3 aromatic heterocycles. The molecule has 8 heteroatoms. The van der Waals surface area contributed by atoms with Gasteiger partial charge in [0.05, 0.1) is 30.3 Å². The van der Waals surface area contributed by atoms with Gasteiger partial charge in [-0.25, -0.2) is 14.6 Å². The number of nitrogens with one attached hydrogen (secondary N) is 1. The van der Waals surface area contributed by atoms with E-state index in [1.54, 1.807) is 24.7 Å². The number of ether oxygens (including phenoxy) is 1. The summed E-state index contributed by atoms with van der Waals surface area (Å²) in [6, 6.07) is 1.65. The molecule has 0 unspecified atom stereocenters. The molecule has 0 aliphatic carbocycles. The molecule has 0 bridgehead atoms. The Kier molecular flexibility index (Phi) is 2.86. The Balaban J connectivity index is 2.34. The number of H-pyrrole nitrogens is 1. The number of nitrogen functional groups attached to an aromatic ring is 1. The third kappa shape index (κ3) is 2.00. The number of rotatable bonds is 2. The first-order chi connectivity index (χ1) is 10.0. The first-order valence-electron chi connectivity index (χ1n) is 6.24. The van der Waals surface area contributed by atoms with Crippen LogP contribution >= 0.6 is 0 Å². The molecule has 0 aromatic carbocycles. The average molecular weight is 286 g/mol. The number of hydrogen-bond donors (Lipinski definition) is 2. The highest BCUT2D eigenvalue weighted by Gasteiger charge is 2.16. The van der Waals surface area contributed by atoms with Crippen molar-refractivity contribution in [2.45, 2.75) is 6.92 Å². The summed E-state index contributed by atoms with van der Waals surface area (Å²) in [4.78, 5) is 23.5. The highest BCUT2D eigenvalue weighted by molar-refractivity contribution is 5.79. The topological polar surface area (TPSA) is 112 Å². The fraction of sp³-hybridized carbons (Fsp3) is 0.231. The SMILES string of the molecule is COc1ncc(N)cc1-c1nc2c(c(C)nn2C)c(=O)[nH]1. The Hall–Kier alpha value is -2.90. The summed E-state index contributed by atoms with van der Waals surface area (Å²) in [5.41, 5.74) is 7.59. The molecule has 8 nitrogen and oxygen atoms in total. The molecule has 0 saturated heterocycles. The Bertz CT molecular complexity index is 896. The van der Waals surface area contributed by atoms with E-state index >= 15 is 0 Å². The second-order valence-electron chi connectivity index (χ2n) is 4.65. The molecule has 3 heterocycles. The van der Waals surface area contributed by atoms with Gasteiger partial charge < -0.3 is 15.5 Å². The lowest BCUT2D eigenvalue weighted by Crippen LogP contribution is -2.11. The number of methoxy groups -OCH3 is 1. The molecule has 3 aromatic rings. The van der Waals surface area contributed by atoms with Crippen LogP contribution in [0.3, 0.4) is 0 Å². The molecule has 0 amide bonds. The van der Waals surface area contributed by atoms with Gasteiger partial charge in [-0.15, -0.1) is 0 Å². The van der Waals surface area contributed by atoms with E-state index in [4.69, 9.17) is 10.5 Å². The summed E-state index contributed by atoms with van der Waals surface area (Å²) in [6.45, 7) is 1.77. The summed E-state index contributed by atoms with van der Waals surface area (Å²) in [7, 11) is 3.23. The Morgan fingerprint density at radius 3 is 2.90 bits per heavy atom. The number of pyridine rings is 1.